The molecule has 0 unspecified atom stereocenters. The van der Waals surface area contributed by atoms with E-state index in [4.69, 9.17) is 17.3 Å². The average Bonchev–Trinajstić information content (AvgIpc) is 2.37. The van der Waals surface area contributed by atoms with Crippen LogP contribution < -0.4 is 5.73 Å². The monoisotopic (exact) mass is 326 g/mol. The van der Waals surface area contributed by atoms with Gasteiger partial charge in [0, 0.05) is 16.7 Å². The van der Waals surface area contributed by atoms with Crippen molar-refractivity contribution in [2.45, 2.75) is 10.6 Å². The molecule has 0 spiro atoms. The predicted octanol–water partition coefficient (Wildman–Crippen LogP) is 2.80. The van der Waals surface area contributed by atoms with Crippen LogP contribution in [0, 0.1) is 10.1 Å². The second-order valence-corrected chi connectivity index (χ2v) is 6.72. The molecule has 8 heteroatoms. The topological polar surface area (TPSA) is 103 Å². The Morgan fingerprint density at radius 1 is 1.19 bits per heavy atom. The van der Waals surface area contributed by atoms with Gasteiger partial charge in [-0.25, -0.2) is 8.42 Å². The highest BCUT2D eigenvalue weighted by atomic mass is 35.5. The quantitative estimate of drug-likeness (QED) is 0.528. The molecule has 0 saturated carbocycles. The number of halogens is 1. The van der Waals surface area contributed by atoms with Crippen LogP contribution in [0.25, 0.3) is 0 Å². The van der Waals surface area contributed by atoms with Gasteiger partial charge in [-0.3, -0.25) is 10.1 Å². The third kappa shape index (κ3) is 3.32. The fourth-order valence-corrected chi connectivity index (χ4v) is 3.58. The van der Waals surface area contributed by atoms with E-state index in [9.17, 15) is 18.5 Å². The lowest BCUT2D eigenvalue weighted by molar-refractivity contribution is -0.385. The van der Waals surface area contributed by atoms with Gasteiger partial charge < -0.3 is 5.73 Å². The Bertz CT molecular complexity index is 806. The minimum atomic E-state index is -3.80. The summed E-state index contributed by atoms with van der Waals surface area (Å²) in [6.07, 6.45) is 0. The summed E-state index contributed by atoms with van der Waals surface area (Å²) in [6, 6.07) is 9.71. The Kier molecular flexibility index (Phi) is 4.15. The lowest BCUT2D eigenvalue weighted by Gasteiger charge is -2.08. The SMILES string of the molecule is Nc1cc(Cl)ccc1S(=O)(=O)Cc1ccccc1[N+](=O)[O-]. The van der Waals surface area contributed by atoms with Gasteiger partial charge in [0.25, 0.3) is 5.69 Å². The molecular weight excluding hydrogens is 316 g/mol. The van der Waals surface area contributed by atoms with E-state index in [0.29, 0.717) is 5.02 Å². The lowest BCUT2D eigenvalue weighted by atomic mass is 10.2. The Balaban J connectivity index is 2.45. The molecule has 0 saturated heterocycles. The number of nitro benzene ring substituents is 1. The number of nitrogens with zero attached hydrogens (tertiary/aromatic N) is 1. The van der Waals surface area contributed by atoms with Crippen LogP contribution in [0.15, 0.2) is 47.4 Å². The highest BCUT2D eigenvalue weighted by molar-refractivity contribution is 7.90. The number of hydrogen-bond donors (Lipinski definition) is 1. The molecule has 110 valence electrons. The molecule has 0 fully saturated rings. The van der Waals surface area contributed by atoms with Crippen molar-refractivity contribution in [1.29, 1.82) is 0 Å². The minimum absolute atomic E-state index is 0.0149. The molecule has 0 bridgehead atoms. The molecule has 6 nitrogen and oxygen atoms in total. The van der Waals surface area contributed by atoms with E-state index >= 15 is 0 Å². The maximum Gasteiger partial charge on any atom is 0.273 e. The van der Waals surface area contributed by atoms with Gasteiger partial charge in [-0.05, 0) is 18.2 Å². The number of para-hydroxylation sites is 1. The summed E-state index contributed by atoms with van der Waals surface area (Å²) in [6.45, 7) is 0. The molecule has 0 aliphatic heterocycles. The van der Waals surface area contributed by atoms with Gasteiger partial charge in [-0.1, -0.05) is 29.8 Å². The van der Waals surface area contributed by atoms with Crippen LogP contribution in [0.3, 0.4) is 0 Å². The second-order valence-electron chi connectivity index (χ2n) is 4.33. The van der Waals surface area contributed by atoms with Crippen molar-refractivity contribution >= 4 is 32.8 Å². The highest BCUT2D eigenvalue weighted by Crippen LogP contribution is 2.28. The molecule has 2 rings (SSSR count). The first-order valence-corrected chi connectivity index (χ1v) is 7.84. The number of rotatable bonds is 4. The number of nitrogens with two attached hydrogens (primary N) is 1. The molecule has 0 aliphatic rings. The van der Waals surface area contributed by atoms with Gasteiger partial charge in [0.2, 0.25) is 0 Å². The van der Waals surface area contributed by atoms with E-state index in [0.717, 1.165) is 0 Å². The van der Waals surface area contributed by atoms with E-state index in [-0.39, 0.29) is 21.8 Å². The van der Waals surface area contributed by atoms with E-state index in [1.54, 1.807) is 6.07 Å². The zero-order valence-corrected chi connectivity index (χ0v) is 12.3. The van der Waals surface area contributed by atoms with Crippen molar-refractivity contribution in [3.05, 3.63) is 63.2 Å². The maximum absolute atomic E-state index is 12.4. The highest BCUT2D eigenvalue weighted by Gasteiger charge is 2.23. The molecule has 0 heterocycles. The first kappa shape index (κ1) is 15.3. The zero-order valence-electron chi connectivity index (χ0n) is 10.7. The maximum atomic E-state index is 12.4. The minimum Gasteiger partial charge on any atom is -0.398 e. The molecule has 0 aromatic heterocycles. The third-order valence-corrected chi connectivity index (χ3v) is 4.81. The van der Waals surface area contributed by atoms with Gasteiger partial charge >= 0.3 is 0 Å². The van der Waals surface area contributed by atoms with E-state index < -0.39 is 20.5 Å². The molecule has 0 aliphatic carbocycles. The molecule has 0 radical (unpaired) electrons. The van der Waals surface area contributed by atoms with Crippen molar-refractivity contribution in [1.82, 2.24) is 0 Å². The molecule has 0 atom stereocenters. The molecule has 2 aromatic carbocycles. The fraction of sp³-hybridized carbons (Fsp3) is 0.0769. The van der Waals surface area contributed by atoms with Gasteiger partial charge in [0.15, 0.2) is 9.84 Å². The van der Waals surface area contributed by atoms with Crippen LogP contribution in [0.1, 0.15) is 5.56 Å². The Labute approximate surface area is 126 Å². The Morgan fingerprint density at radius 2 is 1.86 bits per heavy atom. The number of nitro groups is 1. The number of benzene rings is 2. The first-order chi connectivity index (χ1) is 9.81. The summed E-state index contributed by atoms with van der Waals surface area (Å²) in [4.78, 5) is 10.2. The summed E-state index contributed by atoms with van der Waals surface area (Å²) in [7, 11) is -3.80. The van der Waals surface area contributed by atoms with Crippen molar-refractivity contribution in [2.75, 3.05) is 5.73 Å². The van der Waals surface area contributed by atoms with Gasteiger partial charge in [-0.2, -0.15) is 0 Å². The van der Waals surface area contributed by atoms with Crippen LogP contribution in [-0.2, 0) is 15.6 Å². The molecule has 2 aromatic rings. The number of nitrogen functional groups attached to an aromatic ring is 1. The fourth-order valence-electron chi connectivity index (χ4n) is 1.90. The summed E-state index contributed by atoms with van der Waals surface area (Å²) in [5, 5.41) is 11.2. The second kappa shape index (κ2) is 5.71. The van der Waals surface area contributed by atoms with E-state index in [1.165, 1.54) is 36.4 Å². The molecule has 0 amide bonds. The summed E-state index contributed by atoms with van der Waals surface area (Å²) < 4.78 is 24.7. The van der Waals surface area contributed by atoms with Crippen LogP contribution in [-0.4, -0.2) is 13.3 Å². The van der Waals surface area contributed by atoms with Gasteiger partial charge in [0.1, 0.15) is 0 Å². The number of anilines is 1. The Morgan fingerprint density at radius 3 is 2.48 bits per heavy atom. The van der Waals surface area contributed by atoms with Crippen LogP contribution in [0.2, 0.25) is 5.02 Å². The zero-order chi connectivity index (χ0) is 15.6. The van der Waals surface area contributed by atoms with Crippen molar-refractivity contribution < 1.29 is 13.3 Å². The number of hydrogen-bond acceptors (Lipinski definition) is 5. The van der Waals surface area contributed by atoms with Gasteiger partial charge in [0.05, 0.1) is 21.3 Å². The van der Waals surface area contributed by atoms with Crippen LogP contribution >= 0.6 is 11.6 Å². The smallest absolute Gasteiger partial charge is 0.273 e. The number of sulfone groups is 1. The third-order valence-electron chi connectivity index (χ3n) is 2.84. The lowest BCUT2D eigenvalue weighted by Crippen LogP contribution is -2.09. The Hall–Kier alpha value is -2.12. The van der Waals surface area contributed by atoms with Gasteiger partial charge in [-0.15, -0.1) is 0 Å². The van der Waals surface area contributed by atoms with Crippen molar-refractivity contribution in [2.24, 2.45) is 0 Å². The van der Waals surface area contributed by atoms with Crippen molar-refractivity contribution in [3.8, 4) is 0 Å². The largest absolute Gasteiger partial charge is 0.398 e. The summed E-state index contributed by atoms with van der Waals surface area (Å²) >= 11 is 5.73. The molecule has 2 N–H and O–H groups in total. The van der Waals surface area contributed by atoms with Crippen LogP contribution in [0.5, 0.6) is 0 Å². The van der Waals surface area contributed by atoms with Crippen molar-refractivity contribution in [3.63, 3.8) is 0 Å². The molecule has 21 heavy (non-hydrogen) atoms. The normalized spacial score (nSPS) is 11.3. The van der Waals surface area contributed by atoms with E-state index in [1.807, 2.05) is 0 Å². The average molecular weight is 327 g/mol. The van der Waals surface area contributed by atoms with E-state index in [2.05, 4.69) is 0 Å². The van der Waals surface area contributed by atoms with Crippen LogP contribution in [0.4, 0.5) is 11.4 Å². The standard InChI is InChI=1S/C13H11ClN2O4S/c14-10-5-6-13(11(15)7-10)21(19,20)8-9-3-1-2-4-12(9)16(17)18/h1-7H,8,15H2. The molecular formula is C13H11ClN2O4S. The first-order valence-electron chi connectivity index (χ1n) is 5.81. The predicted molar refractivity (Wildman–Crippen MR) is 79.9 cm³/mol. The summed E-state index contributed by atoms with van der Waals surface area (Å²) in [5.41, 5.74) is 5.54. The summed E-state index contributed by atoms with van der Waals surface area (Å²) in [5.74, 6) is -0.504.